The number of likely N-dealkylation sites (N-methyl/N-ethyl adjacent to an activating group) is 2. The van der Waals surface area contributed by atoms with Crippen LogP contribution in [0.25, 0.3) is 100 Å². The Morgan fingerprint density at radius 2 is 0.872 bits per heavy atom. The van der Waals surface area contributed by atoms with Crippen molar-refractivity contribution in [2.45, 2.75) is 66.2 Å². The fourth-order valence-corrected chi connectivity index (χ4v) is 12.6. The Morgan fingerprint density at radius 3 is 1.32 bits per heavy atom. The van der Waals surface area contributed by atoms with Crippen LogP contribution in [0.5, 0.6) is 0 Å². The number of amides is 4. The number of aromatic nitrogens is 6. The van der Waals surface area contributed by atoms with E-state index >= 15 is 0 Å². The van der Waals surface area contributed by atoms with E-state index in [-0.39, 0.29) is 36.5 Å². The minimum absolute atomic E-state index is 0.0816. The van der Waals surface area contributed by atoms with Crippen molar-refractivity contribution in [3.8, 4) is 0 Å². The Morgan fingerprint density at radius 1 is 0.457 bits per heavy atom. The maximum Gasteiger partial charge on any atom is 0.253 e. The summed E-state index contributed by atoms with van der Waals surface area (Å²) in [5.41, 5.74) is 19.9. The topological polar surface area (TPSA) is 230 Å². The summed E-state index contributed by atoms with van der Waals surface area (Å²) in [6.45, 7) is 21.2. The predicted molar refractivity (Wildman–Crippen MR) is 387 cm³/mol. The normalized spacial score (nSPS) is 12.4. The summed E-state index contributed by atoms with van der Waals surface area (Å²) in [5, 5.41) is 23.3. The fourth-order valence-electron chi connectivity index (χ4n) is 12.6. The van der Waals surface area contributed by atoms with Gasteiger partial charge >= 0.3 is 0 Å². The minimum atomic E-state index is -0.169. The Hall–Kier alpha value is -10.3. The molecule has 2 aliphatic rings. The highest BCUT2D eigenvalue weighted by molar-refractivity contribution is 6.15. The molecule has 0 spiro atoms. The first-order chi connectivity index (χ1) is 45.5. The molecule has 0 saturated heterocycles. The molecular formula is C76H84N14O4. The Bertz CT molecular complexity index is 4720. The highest BCUT2D eigenvalue weighted by atomic mass is 16.2. The minimum Gasteiger partial charge on any atom is -0.384 e. The van der Waals surface area contributed by atoms with E-state index in [1.165, 1.54) is 0 Å². The lowest BCUT2D eigenvalue weighted by molar-refractivity contribution is -0.121. The molecular weight excluding hydrogens is 1170 g/mol. The first-order valence-electron chi connectivity index (χ1n) is 32.4. The summed E-state index contributed by atoms with van der Waals surface area (Å²) in [5.74, 6) is -0.502. The molecule has 9 aromatic rings. The molecule has 0 aliphatic carbocycles. The van der Waals surface area contributed by atoms with Gasteiger partial charge in [-0.05, 0) is 164 Å². The monoisotopic (exact) mass is 1260 g/mol. The van der Waals surface area contributed by atoms with E-state index in [9.17, 15) is 19.2 Å². The molecule has 4 aromatic carbocycles. The molecule has 0 atom stereocenters. The number of benzene rings is 4. The third-order valence-corrected chi connectivity index (χ3v) is 17.8. The highest BCUT2D eigenvalue weighted by Crippen LogP contribution is 2.40. The molecule has 18 nitrogen and oxygen atoms in total. The van der Waals surface area contributed by atoms with Crippen molar-refractivity contribution in [3.63, 3.8) is 0 Å². The number of fused-ring (bicyclic) bond motifs is 12. The Kier molecular flexibility index (Phi) is 20.2. The zero-order valence-electron chi connectivity index (χ0n) is 55.2. The second kappa shape index (κ2) is 29.1. The number of pyridine rings is 2. The van der Waals surface area contributed by atoms with E-state index in [1.807, 2.05) is 141 Å². The third kappa shape index (κ3) is 14.2. The van der Waals surface area contributed by atoms with Crippen molar-refractivity contribution in [1.82, 2.24) is 61.0 Å². The maximum absolute atomic E-state index is 13.9. The van der Waals surface area contributed by atoms with Crippen molar-refractivity contribution in [2.24, 2.45) is 0 Å². The van der Waals surface area contributed by atoms with Gasteiger partial charge in [0, 0.05) is 120 Å². The summed E-state index contributed by atoms with van der Waals surface area (Å²) < 4.78 is 0. The number of H-pyrrole nitrogens is 2. The molecule has 4 amide bonds. The van der Waals surface area contributed by atoms with E-state index in [0.29, 0.717) is 98.5 Å². The zero-order valence-corrected chi connectivity index (χ0v) is 55.2. The molecule has 8 N–H and O–H groups in total. The number of hydrogen-bond acceptors (Lipinski definition) is 12. The molecule has 482 valence electrons. The van der Waals surface area contributed by atoms with E-state index in [0.717, 1.165) is 135 Å². The zero-order chi connectivity index (χ0) is 66.2. The van der Waals surface area contributed by atoms with Gasteiger partial charge in [0.25, 0.3) is 11.8 Å². The number of para-hydroxylation sites is 4. The average Bonchev–Trinajstić information content (AvgIpc) is 0.878. The Balaban J connectivity index is 0.807. The number of allylic oxidation sites excluding steroid dienone is 4. The number of anilines is 2. The van der Waals surface area contributed by atoms with Gasteiger partial charge in [0.05, 0.1) is 67.3 Å². The number of aryl methyl sites for hydroxylation is 2. The molecule has 0 radical (unpaired) electrons. The van der Waals surface area contributed by atoms with E-state index < -0.39 is 0 Å². The summed E-state index contributed by atoms with van der Waals surface area (Å²) in [4.78, 5) is 86.7. The van der Waals surface area contributed by atoms with E-state index in [4.69, 9.17) is 19.9 Å². The molecule has 18 heteroatoms. The molecule has 5 aromatic heterocycles. The Labute approximate surface area is 548 Å². The molecule has 8 bridgehead atoms. The van der Waals surface area contributed by atoms with Gasteiger partial charge < -0.3 is 51.7 Å². The van der Waals surface area contributed by atoms with Crippen molar-refractivity contribution >= 4 is 135 Å². The number of aromatic amines is 2. The van der Waals surface area contributed by atoms with Gasteiger partial charge in [-0.25, -0.2) is 19.9 Å². The van der Waals surface area contributed by atoms with Crippen molar-refractivity contribution in [2.75, 3.05) is 91.2 Å². The summed E-state index contributed by atoms with van der Waals surface area (Å²) in [7, 11) is 7.89. The molecule has 7 heterocycles. The van der Waals surface area contributed by atoms with Crippen LogP contribution in [0.1, 0.15) is 118 Å². The molecule has 94 heavy (non-hydrogen) atoms. The van der Waals surface area contributed by atoms with Gasteiger partial charge in [0.1, 0.15) is 0 Å². The number of carbonyl (C=O) groups excluding carboxylic acids is 4. The standard InChI is InChI=1S/C76H84N14O4/c1-11-49-45(3)61-41-62-47(5)51(29-31-69(91)77-33-19-35-79-71-53-21-13-15-27-59(53)87-73-55(71)23-17-25-57(73)75(93)81-37-39-89(7)8)67(85-62)44-68-52(48(6)64(86-68)43-66-50(12-2)46(4)63(84-66)42-65(49)83-61)30-32-70(92)78-34-20-36-80-72-54-22-14-16-28-60(54)88-74-56(72)24-18-26-58(74)76(94)82-38-40-90(9)10/h11-18,21-28,41-44,83-84H,1-2,19-20,29-40H2,3-10H3,(H,77,91)(H,78,92)(H,79,87)(H,80,88)(H,81,93)(H,82,94). The summed E-state index contributed by atoms with van der Waals surface area (Å²) >= 11 is 0. The lowest BCUT2D eigenvalue weighted by Crippen LogP contribution is -2.31. The lowest BCUT2D eigenvalue weighted by Gasteiger charge is -2.16. The van der Waals surface area contributed by atoms with Crippen LogP contribution in [0.4, 0.5) is 11.4 Å². The van der Waals surface area contributed by atoms with Gasteiger partial charge in [-0.15, -0.1) is 0 Å². The second-order valence-electron chi connectivity index (χ2n) is 24.7. The summed E-state index contributed by atoms with van der Waals surface area (Å²) in [6, 6.07) is 35.5. The largest absolute Gasteiger partial charge is 0.384 e. The number of carbonyl (C=O) groups is 4. The predicted octanol–water partition coefficient (Wildman–Crippen LogP) is 12.9. The fraction of sp³-hybridized carbons (Fsp3) is 0.289. The summed E-state index contributed by atoms with van der Waals surface area (Å²) in [6.07, 6.45) is 6.32. The highest BCUT2D eigenvalue weighted by Gasteiger charge is 2.25. The first-order valence-corrected chi connectivity index (χ1v) is 32.4. The number of rotatable bonds is 26. The average molecular weight is 1260 g/mol. The smallest absolute Gasteiger partial charge is 0.253 e. The molecule has 2 aliphatic heterocycles. The SMILES string of the molecule is C=Cc1c(C)c2cc3[nH]c(cc4nc(cc5nc(cc1[nH]2)C(C)=C5CCC(=O)NCCCNc1c2ccccc2nc2c(C(=O)NCCN(C)C)cccc12)C(CCC(=O)NCCCNc1c2ccccc2nc2c(C(=O)NCCN(C)C)cccc12)=C4C)c(C)c3C=C. The van der Waals surface area contributed by atoms with Crippen molar-refractivity contribution in [3.05, 3.63) is 179 Å². The van der Waals surface area contributed by atoms with Gasteiger partial charge in [0.2, 0.25) is 11.8 Å². The van der Waals surface area contributed by atoms with Crippen molar-refractivity contribution in [1.29, 1.82) is 0 Å². The number of nitrogens with zero attached hydrogens (tertiary/aromatic N) is 6. The van der Waals surface area contributed by atoms with Gasteiger partial charge in [-0.2, -0.15) is 0 Å². The first kappa shape index (κ1) is 65.2. The number of hydrogen-bond donors (Lipinski definition) is 8. The quantitative estimate of drug-likeness (QED) is 0.0187. The van der Waals surface area contributed by atoms with Gasteiger partial charge in [0.15, 0.2) is 0 Å². The molecule has 11 rings (SSSR count). The number of nitrogens with one attached hydrogen (secondary N) is 8. The second-order valence-corrected chi connectivity index (χ2v) is 24.7. The van der Waals surface area contributed by atoms with Crippen LogP contribution >= 0.6 is 0 Å². The van der Waals surface area contributed by atoms with Crippen LogP contribution in [0.15, 0.2) is 122 Å². The van der Waals surface area contributed by atoms with Crippen LogP contribution in [0.2, 0.25) is 0 Å². The molecule has 0 fully saturated rings. The van der Waals surface area contributed by atoms with E-state index in [2.05, 4.69) is 101 Å². The molecule has 0 saturated carbocycles. The third-order valence-electron chi connectivity index (χ3n) is 17.8. The van der Waals surface area contributed by atoms with Crippen LogP contribution < -0.4 is 31.9 Å². The van der Waals surface area contributed by atoms with Crippen LogP contribution in [-0.2, 0) is 9.59 Å². The van der Waals surface area contributed by atoms with Gasteiger partial charge in [-0.3, -0.25) is 19.2 Å². The van der Waals surface area contributed by atoms with Crippen LogP contribution in [0, 0.1) is 13.8 Å². The van der Waals surface area contributed by atoms with Crippen LogP contribution in [-0.4, -0.2) is 144 Å². The van der Waals surface area contributed by atoms with Crippen LogP contribution in [0.3, 0.4) is 0 Å². The van der Waals surface area contributed by atoms with Crippen molar-refractivity contribution < 1.29 is 19.2 Å². The molecule has 0 unspecified atom stereocenters. The maximum atomic E-state index is 13.9. The van der Waals surface area contributed by atoms with E-state index in [1.54, 1.807) is 0 Å². The lowest BCUT2D eigenvalue weighted by atomic mass is 9.98. The van der Waals surface area contributed by atoms with Gasteiger partial charge in [-0.1, -0.05) is 86.0 Å².